The number of rotatable bonds is 4. The monoisotopic (exact) mass is 340 g/mol. The molecule has 0 radical (unpaired) electrons. The zero-order valence-corrected chi connectivity index (χ0v) is 14.5. The van der Waals surface area contributed by atoms with Gasteiger partial charge in [0, 0.05) is 11.4 Å². The van der Waals surface area contributed by atoms with Crippen molar-refractivity contribution in [2.75, 3.05) is 7.11 Å². The minimum atomic E-state index is 0.508. The molecule has 4 rings (SSSR count). The molecule has 1 aliphatic rings. The van der Waals surface area contributed by atoms with Crippen molar-refractivity contribution in [2.24, 2.45) is 4.99 Å². The van der Waals surface area contributed by atoms with Gasteiger partial charge < -0.3 is 13.7 Å². The highest BCUT2D eigenvalue weighted by Crippen LogP contribution is 2.33. The van der Waals surface area contributed by atoms with E-state index in [2.05, 4.69) is 9.95 Å². The second-order valence-corrected chi connectivity index (χ2v) is 6.84. The number of thiazole rings is 1. The molecule has 0 atom stereocenters. The first kappa shape index (κ1) is 15.3. The number of furan rings is 1. The van der Waals surface area contributed by atoms with E-state index in [0.717, 1.165) is 27.7 Å². The lowest BCUT2D eigenvalue weighted by Crippen LogP contribution is -2.19. The van der Waals surface area contributed by atoms with Crippen LogP contribution < -0.4 is 9.54 Å². The summed E-state index contributed by atoms with van der Waals surface area (Å²) >= 11 is 1.67. The van der Waals surface area contributed by atoms with Crippen LogP contribution >= 0.6 is 11.3 Å². The molecule has 3 aromatic rings. The zero-order valence-electron chi connectivity index (χ0n) is 13.6. The number of aromatic nitrogens is 1. The summed E-state index contributed by atoms with van der Waals surface area (Å²) in [5, 5.41) is 2.15. The van der Waals surface area contributed by atoms with Gasteiger partial charge in [0.15, 0.2) is 10.6 Å². The number of hydrogen-bond donors (Lipinski definition) is 0. The lowest BCUT2D eigenvalue weighted by molar-refractivity contribution is 0.415. The molecule has 0 amide bonds. The molecule has 4 nitrogen and oxygen atoms in total. The van der Waals surface area contributed by atoms with E-state index in [1.807, 2.05) is 36.4 Å². The van der Waals surface area contributed by atoms with Gasteiger partial charge in [0.1, 0.15) is 5.75 Å². The highest BCUT2D eigenvalue weighted by molar-refractivity contribution is 7.07. The average Bonchev–Trinajstić information content (AvgIpc) is 3.36. The van der Waals surface area contributed by atoms with Crippen LogP contribution in [0.15, 0.2) is 57.5 Å². The van der Waals surface area contributed by atoms with Crippen LogP contribution in [0.3, 0.4) is 0 Å². The fraction of sp³-hybridized carbons (Fsp3) is 0.316. The minimum Gasteiger partial charge on any atom is -0.497 e. The van der Waals surface area contributed by atoms with Gasteiger partial charge in [0.2, 0.25) is 0 Å². The summed E-state index contributed by atoms with van der Waals surface area (Å²) in [5.41, 5.74) is 2.07. The first-order valence-electron chi connectivity index (χ1n) is 8.28. The summed E-state index contributed by atoms with van der Waals surface area (Å²) < 4.78 is 13.2. The van der Waals surface area contributed by atoms with Gasteiger partial charge in [-0.25, -0.2) is 4.99 Å². The number of benzene rings is 1. The van der Waals surface area contributed by atoms with E-state index >= 15 is 0 Å². The van der Waals surface area contributed by atoms with Gasteiger partial charge in [-0.3, -0.25) is 0 Å². The Morgan fingerprint density at radius 1 is 1.17 bits per heavy atom. The second kappa shape index (κ2) is 6.69. The van der Waals surface area contributed by atoms with Crippen molar-refractivity contribution in [1.29, 1.82) is 0 Å². The molecule has 2 heterocycles. The first-order valence-corrected chi connectivity index (χ1v) is 9.16. The van der Waals surface area contributed by atoms with Crippen molar-refractivity contribution in [1.82, 2.24) is 4.57 Å². The predicted molar refractivity (Wildman–Crippen MR) is 95.7 cm³/mol. The van der Waals surface area contributed by atoms with Crippen LogP contribution in [-0.2, 0) is 0 Å². The lowest BCUT2D eigenvalue weighted by atomic mass is 10.2. The minimum absolute atomic E-state index is 0.508. The third kappa shape index (κ3) is 2.91. The Kier molecular flexibility index (Phi) is 4.26. The van der Waals surface area contributed by atoms with E-state index in [1.165, 1.54) is 25.7 Å². The van der Waals surface area contributed by atoms with Gasteiger partial charge in [-0.05, 0) is 49.2 Å². The van der Waals surface area contributed by atoms with Gasteiger partial charge >= 0.3 is 0 Å². The van der Waals surface area contributed by atoms with E-state index in [1.54, 1.807) is 24.7 Å². The maximum atomic E-state index is 5.64. The molecule has 0 unspecified atom stereocenters. The van der Waals surface area contributed by atoms with Crippen LogP contribution in [0.2, 0.25) is 0 Å². The average molecular weight is 340 g/mol. The van der Waals surface area contributed by atoms with E-state index in [0.29, 0.717) is 6.04 Å². The second-order valence-electron chi connectivity index (χ2n) is 6.00. The summed E-state index contributed by atoms with van der Waals surface area (Å²) in [4.78, 5) is 5.90. The van der Waals surface area contributed by atoms with E-state index < -0.39 is 0 Å². The van der Waals surface area contributed by atoms with Crippen LogP contribution in [0.4, 0.5) is 5.69 Å². The number of nitrogens with zero attached hydrogens (tertiary/aromatic N) is 2. The van der Waals surface area contributed by atoms with Gasteiger partial charge in [-0.15, -0.1) is 11.3 Å². The Morgan fingerprint density at radius 2 is 1.96 bits per heavy atom. The summed E-state index contributed by atoms with van der Waals surface area (Å²) in [5.74, 6) is 1.76. The topological polar surface area (TPSA) is 39.7 Å². The van der Waals surface area contributed by atoms with Crippen molar-refractivity contribution >= 4 is 17.0 Å². The molecule has 0 saturated heterocycles. The Hall–Kier alpha value is -2.27. The van der Waals surface area contributed by atoms with Gasteiger partial charge in [-0.1, -0.05) is 12.8 Å². The molecule has 0 aliphatic heterocycles. The highest BCUT2D eigenvalue weighted by atomic mass is 32.1. The molecule has 2 aromatic heterocycles. The van der Waals surface area contributed by atoms with Gasteiger partial charge in [0.05, 0.1) is 24.8 Å². The molecule has 0 spiro atoms. The Balaban J connectivity index is 1.80. The Morgan fingerprint density at radius 3 is 2.62 bits per heavy atom. The largest absolute Gasteiger partial charge is 0.497 e. The van der Waals surface area contributed by atoms with Crippen molar-refractivity contribution in [2.45, 2.75) is 31.7 Å². The third-order valence-corrected chi connectivity index (χ3v) is 5.34. The third-order valence-electron chi connectivity index (χ3n) is 4.50. The SMILES string of the molecule is COc1ccc(N=c2scc(-c3ccco3)n2C2CCCC2)cc1. The number of ether oxygens (including phenoxy) is 1. The van der Waals surface area contributed by atoms with Crippen LogP contribution in [0.25, 0.3) is 11.5 Å². The number of hydrogen-bond acceptors (Lipinski definition) is 4. The van der Waals surface area contributed by atoms with Crippen LogP contribution in [-0.4, -0.2) is 11.7 Å². The normalized spacial score (nSPS) is 16.0. The van der Waals surface area contributed by atoms with Gasteiger partial charge in [0.25, 0.3) is 0 Å². The molecule has 1 fully saturated rings. The van der Waals surface area contributed by atoms with Crippen molar-refractivity contribution < 1.29 is 9.15 Å². The Labute approximate surface area is 145 Å². The van der Waals surface area contributed by atoms with Crippen molar-refractivity contribution in [3.05, 3.63) is 52.8 Å². The molecule has 0 N–H and O–H groups in total. The van der Waals surface area contributed by atoms with Crippen molar-refractivity contribution in [3.63, 3.8) is 0 Å². The number of methoxy groups -OCH3 is 1. The van der Waals surface area contributed by atoms with Crippen molar-refractivity contribution in [3.8, 4) is 17.2 Å². The fourth-order valence-corrected chi connectivity index (χ4v) is 4.25. The quantitative estimate of drug-likeness (QED) is 0.657. The first-order chi connectivity index (χ1) is 11.8. The van der Waals surface area contributed by atoms with Crippen LogP contribution in [0.1, 0.15) is 31.7 Å². The van der Waals surface area contributed by atoms with E-state index in [-0.39, 0.29) is 0 Å². The smallest absolute Gasteiger partial charge is 0.190 e. The molecular weight excluding hydrogens is 320 g/mol. The zero-order chi connectivity index (χ0) is 16.4. The Bertz CT molecular complexity index is 854. The maximum absolute atomic E-state index is 5.64. The standard InChI is InChI=1S/C19H20N2O2S/c1-22-16-10-8-14(9-11-16)20-19-21(15-5-2-3-6-15)17(13-24-19)18-7-4-12-23-18/h4,7-13,15H,2-3,5-6H2,1H3. The molecule has 1 saturated carbocycles. The van der Waals surface area contributed by atoms with E-state index in [4.69, 9.17) is 14.1 Å². The maximum Gasteiger partial charge on any atom is 0.190 e. The highest BCUT2D eigenvalue weighted by Gasteiger charge is 2.22. The molecule has 0 bridgehead atoms. The summed E-state index contributed by atoms with van der Waals surface area (Å²) in [7, 11) is 1.68. The van der Waals surface area contributed by atoms with Crippen LogP contribution in [0.5, 0.6) is 5.75 Å². The predicted octanol–water partition coefficient (Wildman–Crippen LogP) is 5.17. The van der Waals surface area contributed by atoms with Crippen LogP contribution in [0, 0.1) is 0 Å². The molecule has 24 heavy (non-hydrogen) atoms. The molecular formula is C19H20N2O2S. The summed E-state index contributed by atoms with van der Waals surface area (Å²) in [6, 6.07) is 12.3. The molecule has 1 aromatic carbocycles. The molecule has 5 heteroatoms. The van der Waals surface area contributed by atoms with Gasteiger partial charge in [-0.2, -0.15) is 0 Å². The summed E-state index contributed by atoms with van der Waals surface area (Å²) in [6.45, 7) is 0. The van der Waals surface area contributed by atoms with E-state index in [9.17, 15) is 0 Å². The summed E-state index contributed by atoms with van der Waals surface area (Å²) in [6.07, 6.45) is 6.72. The molecule has 124 valence electrons. The lowest BCUT2D eigenvalue weighted by Gasteiger charge is -2.14. The fourth-order valence-electron chi connectivity index (χ4n) is 3.29. The molecule has 1 aliphatic carbocycles.